The number of hydrogen-bond donors (Lipinski definition) is 2. The molecule has 30 heavy (non-hydrogen) atoms. The number of aryl methyl sites for hydroxylation is 4. The molecule has 0 bridgehead atoms. The quantitative estimate of drug-likeness (QED) is 0.440. The van der Waals surface area contributed by atoms with Crippen LogP contribution in [0.2, 0.25) is 0 Å². The molecule has 0 aliphatic heterocycles. The van der Waals surface area contributed by atoms with Gasteiger partial charge in [0.05, 0.1) is 0 Å². The van der Waals surface area contributed by atoms with Crippen LogP contribution in [0, 0.1) is 13.8 Å². The van der Waals surface area contributed by atoms with Gasteiger partial charge in [-0.2, -0.15) is 9.97 Å². The highest BCUT2D eigenvalue weighted by Gasteiger charge is 2.17. The predicted molar refractivity (Wildman–Crippen MR) is 107 cm³/mol. The lowest BCUT2D eigenvalue weighted by atomic mass is 10.4. The van der Waals surface area contributed by atoms with Gasteiger partial charge in [0.2, 0.25) is 11.8 Å². The lowest BCUT2D eigenvalue weighted by molar-refractivity contribution is 0.450. The third kappa shape index (κ3) is 2.84. The van der Waals surface area contributed by atoms with Gasteiger partial charge in [0.25, 0.3) is 0 Å². The highest BCUT2D eigenvalue weighted by Crippen LogP contribution is 2.23. The van der Waals surface area contributed by atoms with Crippen LogP contribution in [0.15, 0.2) is 21.7 Å². The van der Waals surface area contributed by atoms with E-state index in [1.54, 1.807) is 37.1 Å². The van der Waals surface area contributed by atoms with E-state index in [2.05, 4.69) is 19.9 Å². The molecule has 156 valence electrons. The second-order valence-corrected chi connectivity index (χ2v) is 6.91. The first-order chi connectivity index (χ1) is 14.2. The molecule has 0 amide bonds. The maximum Gasteiger partial charge on any atom is 0.352 e. The largest absolute Gasteiger partial charge is 0.492 e. The van der Waals surface area contributed by atoms with E-state index in [0.717, 1.165) is 0 Å². The second-order valence-electron chi connectivity index (χ2n) is 6.91. The molecule has 4 aromatic rings. The van der Waals surface area contributed by atoms with E-state index in [1.165, 1.54) is 9.13 Å². The molecular formula is C18H20N8O4. The van der Waals surface area contributed by atoms with Crippen LogP contribution in [0.5, 0.6) is 11.8 Å². The Kier molecular flexibility index (Phi) is 4.41. The smallest absolute Gasteiger partial charge is 0.352 e. The lowest BCUT2D eigenvalue weighted by Crippen LogP contribution is -2.20. The molecule has 4 heterocycles. The highest BCUT2D eigenvalue weighted by atomic mass is 16.3. The minimum Gasteiger partial charge on any atom is -0.492 e. The van der Waals surface area contributed by atoms with E-state index in [4.69, 9.17) is 0 Å². The van der Waals surface area contributed by atoms with Crippen molar-refractivity contribution in [2.45, 2.75) is 26.9 Å². The summed E-state index contributed by atoms with van der Waals surface area (Å²) in [7, 11) is 3.09. The van der Waals surface area contributed by atoms with Crippen molar-refractivity contribution in [3.63, 3.8) is 0 Å². The fourth-order valence-corrected chi connectivity index (χ4v) is 3.43. The summed E-state index contributed by atoms with van der Waals surface area (Å²) in [4.78, 5) is 39.4. The third-order valence-electron chi connectivity index (χ3n) is 5.06. The minimum absolute atomic E-state index is 0.353. The van der Waals surface area contributed by atoms with Gasteiger partial charge < -0.3 is 19.3 Å². The van der Waals surface area contributed by atoms with Gasteiger partial charge in [0.15, 0.2) is 11.3 Å². The average molecular weight is 412 g/mol. The van der Waals surface area contributed by atoms with Crippen LogP contribution in [0.4, 0.5) is 0 Å². The van der Waals surface area contributed by atoms with E-state index in [-0.39, 0.29) is 11.8 Å². The fourth-order valence-electron chi connectivity index (χ4n) is 3.43. The van der Waals surface area contributed by atoms with E-state index < -0.39 is 11.4 Å². The van der Waals surface area contributed by atoms with Crippen molar-refractivity contribution in [3.8, 4) is 11.8 Å². The number of nitrogens with zero attached hydrogens (tertiary/aromatic N) is 8. The molecule has 4 aromatic heterocycles. The van der Waals surface area contributed by atoms with Crippen LogP contribution in [0.25, 0.3) is 22.3 Å². The van der Waals surface area contributed by atoms with Crippen molar-refractivity contribution >= 4 is 22.3 Å². The molecule has 4 rings (SSSR count). The van der Waals surface area contributed by atoms with Gasteiger partial charge in [-0.3, -0.25) is 9.13 Å². The Bertz CT molecular complexity index is 1340. The van der Waals surface area contributed by atoms with Crippen LogP contribution in [-0.2, 0) is 27.2 Å². The summed E-state index contributed by atoms with van der Waals surface area (Å²) in [5.41, 5.74) is 0.301. The molecule has 0 spiro atoms. The fraction of sp³-hybridized carbons (Fsp3) is 0.333. The first kappa shape index (κ1) is 19.4. The summed E-state index contributed by atoms with van der Waals surface area (Å²) in [5.74, 6) is 0.508. The van der Waals surface area contributed by atoms with Crippen LogP contribution < -0.4 is 11.4 Å². The standard InChI is InChI=1S/C18H20N8O4/c1-9-19-13-11(15(27)21-17(29)23(13)3)25(9)7-5-6-8-26-10(2)20-14-12(26)16(28)22-18(30)24(14)4/h5-6H,7-8H2,1-4H3,(H,21,27,29)(H,22,28,30)/b6-5+. The summed E-state index contributed by atoms with van der Waals surface area (Å²) in [6, 6.07) is 0. The molecule has 0 saturated heterocycles. The summed E-state index contributed by atoms with van der Waals surface area (Å²) < 4.78 is 6.05. The monoisotopic (exact) mass is 412 g/mol. The molecule has 0 unspecified atom stereocenters. The Hall–Kier alpha value is -3.96. The number of rotatable bonds is 4. The molecule has 0 aromatic carbocycles. The molecule has 0 saturated carbocycles. The second kappa shape index (κ2) is 6.83. The van der Waals surface area contributed by atoms with Gasteiger partial charge in [-0.05, 0) is 13.8 Å². The van der Waals surface area contributed by atoms with Crippen LogP contribution in [-0.4, -0.2) is 48.4 Å². The van der Waals surface area contributed by atoms with E-state index in [9.17, 15) is 19.8 Å². The van der Waals surface area contributed by atoms with E-state index in [0.29, 0.717) is 47.1 Å². The molecular weight excluding hydrogens is 392 g/mol. The Balaban J connectivity index is 1.66. The maximum atomic E-state index is 11.8. The zero-order valence-electron chi connectivity index (χ0n) is 16.9. The molecule has 12 heteroatoms. The average Bonchev–Trinajstić information content (AvgIpc) is 3.19. The van der Waals surface area contributed by atoms with Crippen molar-refractivity contribution in [1.82, 2.24) is 38.2 Å². The number of hydrogen-bond acceptors (Lipinski definition) is 8. The number of fused-ring (bicyclic) bond motifs is 2. The van der Waals surface area contributed by atoms with Crippen molar-refractivity contribution in [2.75, 3.05) is 0 Å². The first-order valence-corrected chi connectivity index (χ1v) is 9.11. The maximum absolute atomic E-state index is 11.8. The van der Waals surface area contributed by atoms with Gasteiger partial charge in [-0.25, -0.2) is 19.6 Å². The van der Waals surface area contributed by atoms with Gasteiger partial charge in [0, 0.05) is 27.2 Å². The van der Waals surface area contributed by atoms with Gasteiger partial charge in [-0.1, -0.05) is 12.2 Å². The number of aromatic hydroxyl groups is 2. The number of imidazole rings is 2. The van der Waals surface area contributed by atoms with Gasteiger partial charge >= 0.3 is 11.4 Å². The molecule has 0 aliphatic carbocycles. The van der Waals surface area contributed by atoms with Crippen LogP contribution in [0.1, 0.15) is 11.6 Å². The lowest BCUT2D eigenvalue weighted by Gasteiger charge is -2.06. The van der Waals surface area contributed by atoms with E-state index in [1.807, 2.05) is 12.2 Å². The molecule has 0 fully saturated rings. The third-order valence-corrected chi connectivity index (χ3v) is 5.06. The normalized spacial score (nSPS) is 12.0. The Morgan fingerprint density at radius 1 is 0.733 bits per heavy atom. The summed E-state index contributed by atoms with van der Waals surface area (Å²) >= 11 is 0. The number of allylic oxidation sites excluding steroid dienone is 2. The minimum atomic E-state index is -0.578. The zero-order chi connectivity index (χ0) is 21.7. The molecule has 0 radical (unpaired) electrons. The van der Waals surface area contributed by atoms with Gasteiger partial charge in [0.1, 0.15) is 22.7 Å². The first-order valence-electron chi connectivity index (χ1n) is 9.11. The molecule has 2 N–H and O–H groups in total. The molecule has 0 atom stereocenters. The Morgan fingerprint density at radius 2 is 1.10 bits per heavy atom. The summed E-state index contributed by atoms with van der Waals surface area (Å²) in [5, 5.41) is 20.3. The molecule has 12 nitrogen and oxygen atoms in total. The summed E-state index contributed by atoms with van der Waals surface area (Å²) in [6.07, 6.45) is 3.72. The highest BCUT2D eigenvalue weighted by molar-refractivity contribution is 5.78. The van der Waals surface area contributed by atoms with Crippen LogP contribution in [0.3, 0.4) is 0 Å². The topological polar surface area (TPSA) is 146 Å². The Morgan fingerprint density at radius 3 is 1.47 bits per heavy atom. The SMILES string of the molecule is Cc1nc2c(c(O)nc(=O)n2C)n1C/C=C/Cn1c(C)nc2c1c(O)nc(=O)n2C. The Labute approximate surface area is 169 Å². The van der Waals surface area contributed by atoms with E-state index >= 15 is 0 Å². The number of aromatic nitrogens is 8. The van der Waals surface area contributed by atoms with Crippen molar-refractivity contribution in [2.24, 2.45) is 14.1 Å². The van der Waals surface area contributed by atoms with Gasteiger partial charge in [-0.15, -0.1) is 0 Å². The predicted octanol–water partition coefficient (Wildman–Crippen LogP) is -0.142. The zero-order valence-corrected chi connectivity index (χ0v) is 16.9. The summed E-state index contributed by atoms with van der Waals surface area (Å²) in [6.45, 7) is 4.30. The van der Waals surface area contributed by atoms with Crippen molar-refractivity contribution < 1.29 is 10.2 Å². The van der Waals surface area contributed by atoms with Crippen LogP contribution >= 0.6 is 0 Å². The van der Waals surface area contributed by atoms with Crippen molar-refractivity contribution in [3.05, 3.63) is 44.8 Å². The molecule has 0 aliphatic rings. The van der Waals surface area contributed by atoms with Crippen molar-refractivity contribution in [1.29, 1.82) is 0 Å².